The number of carbonyl (C=O) groups excluding carboxylic acids is 2. The van der Waals surface area contributed by atoms with E-state index in [-0.39, 0.29) is 22.9 Å². The number of amides is 2. The number of phenols is 1. The van der Waals surface area contributed by atoms with Crippen LogP contribution in [0.3, 0.4) is 0 Å². The first kappa shape index (κ1) is 13.3. The number of aromatic hydroxyl groups is 1. The molecule has 0 aromatic heterocycles. The molecule has 6 nitrogen and oxygen atoms in total. The monoisotopic (exact) mass is 258 g/mol. The van der Waals surface area contributed by atoms with Gasteiger partial charge in [-0.1, -0.05) is 11.6 Å². The molecule has 0 saturated carbocycles. The number of carbonyl (C=O) groups is 2. The Kier molecular flexibility index (Phi) is 4.30. The lowest BCUT2D eigenvalue weighted by molar-refractivity contribution is -0.125. The number of nitrogens with one attached hydrogen (secondary N) is 1. The maximum Gasteiger partial charge on any atom is 0.255 e. The van der Waals surface area contributed by atoms with Crippen LogP contribution in [0.4, 0.5) is 0 Å². The van der Waals surface area contributed by atoms with E-state index in [1.807, 2.05) is 0 Å². The maximum absolute atomic E-state index is 11.6. The SMILES string of the molecule is NC(=O)C(O)CNC(=O)c1cc(Cl)ccc1O. The molecule has 0 heterocycles. The first-order valence-corrected chi connectivity index (χ1v) is 5.03. The van der Waals surface area contributed by atoms with E-state index in [0.717, 1.165) is 0 Å². The molecule has 1 aromatic rings. The average molecular weight is 259 g/mol. The first-order chi connectivity index (χ1) is 7.91. The van der Waals surface area contributed by atoms with E-state index in [1.54, 1.807) is 0 Å². The van der Waals surface area contributed by atoms with Crippen LogP contribution in [0.5, 0.6) is 5.75 Å². The summed E-state index contributed by atoms with van der Waals surface area (Å²) in [6, 6.07) is 3.95. The Labute approximate surface area is 102 Å². The van der Waals surface area contributed by atoms with E-state index in [0.29, 0.717) is 0 Å². The van der Waals surface area contributed by atoms with Gasteiger partial charge >= 0.3 is 0 Å². The van der Waals surface area contributed by atoms with Crippen LogP contribution in [0.15, 0.2) is 18.2 Å². The Morgan fingerprint density at radius 1 is 1.47 bits per heavy atom. The maximum atomic E-state index is 11.6. The van der Waals surface area contributed by atoms with Crippen molar-refractivity contribution in [3.63, 3.8) is 0 Å². The molecular weight excluding hydrogens is 248 g/mol. The molecule has 0 spiro atoms. The lowest BCUT2D eigenvalue weighted by Gasteiger charge is -2.09. The molecule has 17 heavy (non-hydrogen) atoms. The standard InChI is InChI=1S/C10H11ClN2O4/c11-5-1-2-7(14)6(3-5)10(17)13-4-8(15)9(12)16/h1-3,8,14-15H,4H2,(H2,12,16)(H,13,17). The smallest absolute Gasteiger partial charge is 0.255 e. The van der Waals surface area contributed by atoms with Crippen LogP contribution in [0.2, 0.25) is 5.02 Å². The van der Waals surface area contributed by atoms with Crippen molar-refractivity contribution in [3.8, 4) is 5.75 Å². The second-order valence-electron chi connectivity index (χ2n) is 3.29. The second kappa shape index (κ2) is 5.51. The fourth-order valence-corrected chi connectivity index (χ4v) is 1.25. The molecule has 0 radical (unpaired) electrons. The van der Waals surface area contributed by atoms with Gasteiger partial charge in [0, 0.05) is 5.02 Å². The van der Waals surface area contributed by atoms with Gasteiger partial charge in [0.2, 0.25) is 5.91 Å². The predicted octanol–water partition coefficient (Wildman–Crippen LogP) is -0.378. The zero-order chi connectivity index (χ0) is 13.0. The summed E-state index contributed by atoms with van der Waals surface area (Å²) in [5.41, 5.74) is 4.76. The first-order valence-electron chi connectivity index (χ1n) is 4.66. The molecule has 0 bridgehead atoms. The summed E-state index contributed by atoms with van der Waals surface area (Å²) < 4.78 is 0. The summed E-state index contributed by atoms with van der Waals surface area (Å²) >= 11 is 5.66. The third kappa shape index (κ3) is 3.61. The van der Waals surface area contributed by atoms with Crippen molar-refractivity contribution in [2.45, 2.75) is 6.10 Å². The zero-order valence-electron chi connectivity index (χ0n) is 8.68. The van der Waals surface area contributed by atoms with Crippen molar-refractivity contribution < 1.29 is 19.8 Å². The molecule has 0 aliphatic carbocycles. The van der Waals surface area contributed by atoms with Crippen molar-refractivity contribution in [1.82, 2.24) is 5.32 Å². The Hall–Kier alpha value is -1.79. The van der Waals surface area contributed by atoms with Crippen molar-refractivity contribution in [2.75, 3.05) is 6.54 Å². The van der Waals surface area contributed by atoms with Crippen LogP contribution in [0.25, 0.3) is 0 Å². The number of hydrogen-bond acceptors (Lipinski definition) is 4. The van der Waals surface area contributed by atoms with Crippen LogP contribution in [0.1, 0.15) is 10.4 Å². The second-order valence-corrected chi connectivity index (χ2v) is 3.73. The number of benzene rings is 1. The van der Waals surface area contributed by atoms with Gasteiger partial charge in [-0.15, -0.1) is 0 Å². The van der Waals surface area contributed by atoms with Gasteiger partial charge in [-0.2, -0.15) is 0 Å². The molecule has 1 unspecified atom stereocenters. The Morgan fingerprint density at radius 3 is 2.71 bits per heavy atom. The van der Waals surface area contributed by atoms with Crippen LogP contribution >= 0.6 is 11.6 Å². The highest BCUT2D eigenvalue weighted by atomic mass is 35.5. The zero-order valence-corrected chi connectivity index (χ0v) is 9.44. The number of rotatable bonds is 4. The molecule has 5 N–H and O–H groups in total. The molecule has 0 saturated heterocycles. The minimum Gasteiger partial charge on any atom is -0.507 e. The van der Waals surface area contributed by atoms with Gasteiger partial charge in [0.05, 0.1) is 12.1 Å². The Balaban J connectivity index is 2.70. The summed E-state index contributed by atoms with van der Waals surface area (Å²) in [5, 5.41) is 21.0. The third-order valence-corrected chi connectivity index (χ3v) is 2.22. The van der Waals surface area contributed by atoms with Gasteiger partial charge in [-0.25, -0.2) is 0 Å². The fourth-order valence-electron chi connectivity index (χ4n) is 1.08. The molecular formula is C10H11ClN2O4. The summed E-state index contributed by atoms with van der Waals surface area (Å²) in [6.07, 6.45) is -1.47. The number of aliphatic hydroxyl groups excluding tert-OH is 1. The number of nitrogens with two attached hydrogens (primary N) is 1. The van der Waals surface area contributed by atoms with Gasteiger partial charge in [0.1, 0.15) is 11.9 Å². The predicted molar refractivity (Wildman–Crippen MR) is 60.7 cm³/mol. The molecule has 1 aromatic carbocycles. The molecule has 92 valence electrons. The van der Waals surface area contributed by atoms with Gasteiger partial charge in [0.15, 0.2) is 0 Å². The number of phenolic OH excluding ortho intramolecular Hbond substituents is 1. The topological polar surface area (TPSA) is 113 Å². The number of primary amides is 1. The summed E-state index contributed by atoms with van der Waals surface area (Å²) in [7, 11) is 0. The Bertz CT molecular complexity index is 450. The van der Waals surface area contributed by atoms with Crippen LogP contribution in [-0.4, -0.2) is 34.7 Å². The lowest BCUT2D eigenvalue weighted by Crippen LogP contribution is -2.39. The van der Waals surface area contributed by atoms with E-state index < -0.39 is 17.9 Å². The van der Waals surface area contributed by atoms with E-state index in [2.05, 4.69) is 5.32 Å². The summed E-state index contributed by atoms with van der Waals surface area (Å²) in [4.78, 5) is 22.1. The van der Waals surface area contributed by atoms with Gasteiger partial charge < -0.3 is 21.3 Å². The third-order valence-electron chi connectivity index (χ3n) is 1.99. The van der Waals surface area contributed by atoms with Gasteiger partial charge in [0.25, 0.3) is 5.91 Å². The molecule has 1 rings (SSSR count). The molecule has 0 fully saturated rings. The highest BCUT2D eigenvalue weighted by molar-refractivity contribution is 6.31. The minimum atomic E-state index is -1.47. The lowest BCUT2D eigenvalue weighted by atomic mass is 10.2. The number of aliphatic hydroxyl groups is 1. The Morgan fingerprint density at radius 2 is 2.12 bits per heavy atom. The highest BCUT2D eigenvalue weighted by Crippen LogP contribution is 2.21. The van der Waals surface area contributed by atoms with E-state index in [4.69, 9.17) is 22.4 Å². The van der Waals surface area contributed by atoms with Crippen LogP contribution < -0.4 is 11.1 Å². The number of halogens is 1. The highest BCUT2D eigenvalue weighted by Gasteiger charge is 2.15. The largest absolute Gasteiger partial charge is 0.507 e. The van der Waals surface area contributed by atoms with Crippen molar-refractivity contribution in [3.05, 3.63) is 28.8 Å². The normalized spacial score (nSPS) is 11.9. The van der Waals surface area contributed by atoms with Gasteiger partial charge in [-0.05, 0) is 18.2 Å². The molecule has 2 amide bonds. The summed E-state index contributed by atoms with van der Waals surface area (Å²) in [5.74, 6) is -1.86. The van der Waals surface area contributed by atoms with E-state index in [9.17, 15) is 14.7 Å². The quantitative estimate of drug-likeness (QED) is 0.590. The van der Waals surface area contributed by atoms with Crippen molar-refractivity contribution in [1.29, 1.82) is 0 Å². The average Bonchev–Trinajstić information content (AvgIpc) is 2.28. The molecule has 0 aliphatic rings. The molecule has 7 heteroatoms. The molecule has 0 aliphatic heterocycles. The van der Waals surface area contributed by atoms with E-state index in [1.165, 1.54) is 18.2 Å². The van der Waals surface area contributed by atoms with Crippen LogP contribution in [0, 0.1) is 0 Å². The number of hydrogen-bond donors (Lipinski definition) is 4. The fraction of sp³-hybridized carbons (Fsp3) is 0.200. The molecule has 1 atom stereocenters. The van der Waals surface area contributed by atoms with Crippen LogP contribution in [-0.2, 0) is 4.79 Å². The van der Waals surface area contributed by atoms with Gasteiger partial charge in [-0.3, -0.25) is 9.59 Å². The van der Waals surface area contributed by atoms with E-state index >= 15 is 0 Å². The summed E-state index contributed by atoms with van der Waals surface area (Å²) in [6.45, 7) is -0.333. The van der Waals surface area contributed by atoms with Crippen molar-refractivity contribution in [2.24, 2.45) is 5.73 Å². The minimum absolute atomic E-state index is 0.0471. The van der Waals surface area contributed by atoms with Crippen molar-refractivity contribution >= 4 is 23.4 Å².